The number of hydrogen-bond acceptors (Lipinski definition) is 2. The topological polar surface area (TPSA) is 54.4 Å². The molecule has 23 heavy (non-hydrogen) atoms. The fourth-order valence-corrected chi connectivity index (χ4v) is 3.24. The average molecular weight is 359 g/mol. The van der Waals surface area contributed by atoms with Crippen molar-refractivity contribution in [2.75, 3.05) is 0 Å². The molecular formula is C18H39NaO3S. The molecule has 5 heteroatoms. The van der Waals surface area contributed by atoms with Crippen molar-refractivity contribution in [2.45, 2.75) is 115 Å². The summed E-state index contributed by atoms with van der Waals surface area (Å²) in [5, 5.41) is -0.607. The summed E-state index contributed by atoms with van der Waals surface area (Å²) in [6.45, 7) is 3.84. The van der Waals surface area contributed by atoms with Crippen LogP contribution < -0.4 is 0 Å². The first-order chi connectivity index (χ1) is 10.5. The molecule has 0 spiro atoms. The van der Waals surface area contributed by atoms with E-state index in [0.29, 0.717) is 6.42 Å². The Morgan fingerprint density at radius 3 is 1.30 bits per heavy atom. The summed E-state index contributed by atoms with van der Waals surface area (Å²) in [4.78, 5) is 0. The van der Waals surface area contributed by atoms with Gasteiger partial charge in [0.15, 0.2) is 0 Å². The van der Waals surface area contributed by atoms with Crippen LogP contribution in [-0.2, 0) is 10.1 Å². The second kappa shape index (κ2) is 17.7. The molecule has 0 aromatic rings. The molecule has 0 fully saturated rings. The monoisotopic (exact) mass is 358 g/mol. The third-order valence-electron chi connectivity index (χ3n) is 4.47. The van der Waals surface area contributed by atoms with Crippen molar-refractivity contribution in [3.8, 4) is 0 Å². The van der Waals surface area contributed by atoms with Crippen LogP contribution in [-0.4, -0.2) is 47.8 Å². The number of unbranched alkanes of at least 4 members (excludes halogenated alkanes) is 13. The molecule has 1 unspecified atom stereocenters. The Morgan fingerprint density at radius 1 is 0.696 bits per heavy atom. The van der Waals surface area contributed by atoms with Gasteiger partial charge in [0.1, 0.15) is 0 Å². The summed E-state index contributed by atoms with van der Waals surface area (Å²) < 4.78 is 30.6. The first kappa shape index (κ1) is 26.1. The van der Waals surface area contributed by atoms with E-state index >= 15 is 0 Å². The van der Waals surface area contributed by atoms with E-state index in [9.17, 15) is 8.42 Å². The number of rotatable bonds is 16. The van der Waals surface area contributed by atoms with E-state index in [0.717, 1.165) is 12.8 Å². The molecule has 0 rings (SSSR count). The molecule has 0 radical (unpaired) electrons. The van der Waals surface area contributed by atoms with Crippen LogP contribution >= 0.6 is 0 Å². The SMILES string of the molecule is CCCCCCCCCCCCCCCCC(C)S(=O)(=O)O.[NaH]. The van der Waals surface area contributed by atoms with E-state index in [1.54, 1.807) is 6.92 Å². The van der Waals surface area contributed by atoms with Crippen LogP contribution in [0.1, 0.15) is 110 Å². The van der Waals surface area contributed by atoms with E-state index in [1.807, 2.05) is 0 Å². The van der Waals surface area contributed by atoms with Crippen LogP contribution in [0.2, 0.25) is 0 Å². The molecule has 0 bridgehead atoms. The molecule has 1 atom stereocenters. The van der Waals surface area contributed by atoms with Gasteiger partial charge in [-0.05, 0) is 13.3 Å². The number of hydrogen-bond donors (Lipinski definition) is 1. The predicted molar refractivity (Wildman–Crippen MR) is 103 cm³/mol. The Hall–Kier alpha value is 0.910. The van der Waals surface area contributed by atoms with E-state index in [4.69, 9.17) is 4.55 Å². The van der Waals surface area contributed by atoms with Crippen LogP contribution in [0.25, 0.3) is 0 Å². The molecule has 0 saturated heterocycles. The van der Waals surface area contributed by atoms with Gasteiger partial charge >= 0.3 is 29.6 Å². The molecule has 0 aliphatic carbocycles. The van der Waals surface area contributed by atoms with Crippen LogP contribution in [0.4, 0.5) is 0 Å². The summed E-state index contributed by atoms with van der Waals surface area (Å²) in [6.07, 6.45) is 18.8. The van der Waals surface area contributed by atoms with Crippen molar-refractivity contribution in [2.24, 2.45) is 0 Å². The molecular weight excluding hydrogens is 319 g/mol. The minimum absolute atomic E-state index is 0. The van der Waals surface area contributed by atoms with Gasteiger partial charge in [0.2, 0.25) is 0 Å². The molecule has 0 amide bonds. The second-order valence-corrected chi connectivity index (χ2v) is 8.55. The molecule has 3 nitrogen and oxygen atoms in total. The molecule has 0 aromatic heterocycles. The van der Waals surface area contributed by atoms with Crippen molar-refractivity contribution in [1.29, 1.82) is 0 Å². The molecule has 0 aliphatic rings. The van der Waals surface area contributed by atoms with Gasteiger partial charge in [-0.1, -0.05) is 96.8 Å². The van der Waals surface area contributed by atoms with Crippen molar-refractivity contribution >= 4 is 39.7 Å². The zero-order valence-corrected chi connectivity index (χ0v) is 15.7. The van der Waals surface area contributed by atoms with Crippen LogP contribution in [0.15, 0.2) is 0 Å². The zero-order valence-electron chi connectivity index (χ0n) is 14.9. The summed E-state index contributed by atoms with van der Waals surface area (Å²) in [5.41, 5.74) is 0. The molecule has 0 aliphatic heterocycles. The Labute approximate surface area is 167 Å². The first-order valence-corrected chi connectivity index (χ1v) is 10.9. The molecule has 0 saturated carbocycles. The Bertz CT molecular complexity index is 331. The van der Waals surface area contributed by atoms with Crippen molar-refractivity contribution in [3.05, 3.63) is 0 Å². The van der Waals surface area contributed by atoms with E-state index in [2.05, 4.69) is 6.92 Å². The Balaban J connectivity index is 0. The second-order valence-electron chi connectivity index (χ2n) is 6.71. The minimum atomic E-state index is -3.82. The third-order valence-corrected chi connectivity index (χ3v) is 5.73. The van der Waals surface area contributed by atoms with E-state index in [1.165, 1.54) is 77.0 Å². The van der Waals surface area contributed by atoms with Gasteiger partial charge in [0.25, 0.3) is 10.1 Å². The van der Waals surface area contributed by atoms with Gasteiger partial charge in [0, 0.05) is 0 Å². The fourth-order valence-electron chi connectivity index (χ4n) is 2.78. The molecule has 136 valence electrons. The normalized spacial score (nSPS) is 12.8. The standard InChI is InChI=1S/C18H38O3S.Na.H/c1-3-4-5-6-7-8-9-10-11-12-13-14-15-16-17-18(2)22(19,20)21;;/h18H,3-17H2,1-2H3,(H,19,20,21);;. The molecule has 0 heterocycles. The third kappa shape index (κ3) is 19.1. The summed E-state index contributed by atoms with van der Waals surface area (Å²) in [6, 6.07) is 0. The predicted octanol–water partition coefficient (Wildman–Crippen LogP) is 5.49. The van der Waals surface area contributed by atoms with Gasteiger partial charge in [-0.2, -0.15) is 8.42 Å². The van der Waals surface area contributed by atoms with Crippen LogP contribution in [0, 0.1) is 0 Å². The molecule has 1 N–H and O–H groups in total. The zero-order chi connectivity index (χ0) is 16.7. The first-order valence-electron chi connectivity index (χ1n) is 9.44. The van der Waals surface area contributed by atoms with Gasteiger partial charge < -0.3 is 0 Å². The van der Waals surface area contributed by atoms with Gasteiger partial charge in [0.05, 0.1) is 5.25 Å². The van der Waals surface area contributed by atoms with E-state index in [-0.39, 0.29) is 29.6 Å². The Morgan fingerprint density at radius 2 is 1.00 bits per heavy atom. The maximum atomic E-state index is 10.9. The summed E-state index contributed by atoms with van der Waals surface area (Å²) >= 11 is 0. The van der Waals surface area contributed by atoms with Crippen LogP contribution in [0.5, 0.6) is 0 Å². The fraction of sp³-hybridized carbons (Fsp3) is 1.00. The van der Waals surface area contributed by atoms with Gasteiger partial charge in [-0.25, -0.2) is 0 Å². The van der Waals surface area contributed by atoms with Gasteiger partial charge in [-0.15, -0.1) is 0 Å². The van der Waals surface area contributed by atoms with Crippen molar-refractivity contribution < 1.29 is 13.0 Å². The summed E-state index contributed by atoms with van der Waals surface area (Å²) in [5.74, 6) is 0. The Kier molecular flexibility index (Phi) is 20.1. The average Bonchev–Trinajstić information content (AvgIpc) is 2.46. The maximum absolute atomic E-state index is 10.9. The van der Waals surface area contributed by atoms with Crippen LogP contribution in [0.3, 0.4) is 0 Å². The molecule has 0 aromatic carbocycles. The van der Waals surface area contributed by atoms with E-state index < -0.39 is 15.4 Å². The summed E-state index contributed by atoms with van der Waals surface area (Å²) in [7, 11) is -3.82. The van der Waals surface area contributed by atoms with Crippen molar-refractivity contribution in [3.63, 3.8) is 0 Å². The van der Waals surface area contributed by atoms with Crippen molar-refractivity contribution in [1.82, 2.24) is 0 Å². The quantitative estimate of drug-likeness (QED) is 0.226. The van der Waals surface area contributed by atoms with Gasteiger partial charge in [-0.3, -0.25) is 4.55 Å².